The molecule has 5 aromatic carbocycles. The summed E-state index contributed by atoms with van der Waals surface area (Å²) in [6, 6.07) is -1.28. The van der Waals surface area contributed by atoms with Crippen LogP contribution in [-0.2, 0) is 52.7 Å². The highest BCUT2D eigenvalue weighted by atomic mass is 35.5. The molecule has 6 aliphatic rings. The first-order valence-corrected chi connectivity index (χ1v) is 35.4. The molecule has 33 nitrogen and oxygen atoms in total. The molecular weight excluding hydrogens is 1440 g/mol. The Morgan fingerprint density at radius 2 is 1.28 bits per heavy atom. The number of aromatic hydroxyl groups is 3. The lowest BCUT2D eigenvalue weighted by atomic mass is 9.89. The van der Waals surface area contributed by atoms with Gasteiger partial charge in [-0.15, -0.1) is 0 Å². The molecule has 0 aliphatic carbocycles. The van der Waals surface area contributed by atoms with Crippen LogP contribution >= 0.6 is 23.2 Å². The van der Waals surface area contributed by atoms with Gasteiger partial charge in [0.2, 0.25) is 53.0 Å². The summed E-state index contributed by atoms with van der Waals surface area (Å²) in [5, 5.41) is 123. The van der Waals surface area contributed by atoms with E-state index in [0.29, 0.717) is 6.42 Å². The number of benzene rings is 5. The number of nitrogens with one attached hydrogen (secondary N) is 8. The Hall–Kier alpha value is -9.65. The van der Waals surface area contributed by atoms with Crippen LogP contribution in [0.15, 0.2) is 78.9 Å². The van der Waals surface area contributed by atoms with E-state index in [-0.39, 0.29) is 57.0 Å². The van der Waals surface area contributed by atoms with Crippen LogP contribution in [0.2, 0.25) is 10.0 Å². The SMILES string of the molecule is CCCCCCCCCC(=O)N[C@@H]1[C@@H](O)[C@H](N(CCOc2c3cc4cc2Oc2ccc(cc2Cl)[C@@H](O)[C@@H](NC(=O)[C@@H](CC(C)C)NC)C(=O)N[C@@H](CC(N)=O)C(=O)N[C@H]4C(=O)N[C@H]2C(=O)N[C@H](C(=O)N[C@@H](C(=O)O)c4cc(O)cc(O)c4-c4cc2ccc4O)[C@H](O)c2ccc(c(Cl)c2)O3)OC)O[C@H](CO)[C@H]1O. The second-order valence-corrected chi connectivity index (χ2v) is 27.5. The predicted octanol–water partition coefficient (Wildman–Crippen LogP) is 3.00. The number of phenolic OH excluding ortho intramolecular Hbond substituents is 3. The number of unbranched alkanes of at least 4 members (excludes halogenated alkanes) is 6. The van der Waals surface area contributed by atoms with Crippen LogP contribution < -0.4 is 62.5 Å². The van der Waals surface area contributed by atoms with E-state index in [1.807, 2.05) is 13.8 Å². The zero-order chi connectivity index (χ0) is 77.8. The number of hydrogen-bond donors (Lipinski definition) is 18. The lowest BCUT2D eigenvalue weighted by Gasteiger charge is -2.45. The van der Waals surface area contributed by atoms with E-state index in [9.17, 15) is 74.7 Å². The zero-order valence-corrected chi connectivity index (χ0v) is 60.4. The predicted molar refractivity (Wildman–Crippen MR) is 380 cm³/mol. The van der Waals surface area contributed by atoms with E-state index >= 15 is 14.4 Å². The normalized spacial score (nSPS) is 24.1. The number of carboxylic acid groups (broad SMARTS) is 1. The van der Waals surface area contributed by atoms with Crippen molar-refractivity contribution in [3.05, 3.63) is 117 Å². The van der Waals surface area contributed by atoms with E-state index in [1.165, 1.54) is 44.5 Å². The van der Waals surface area contributed by atoms with Gasteiger partial charge >= 0.3 is 5.97 Å². The molecule has 19 N–H and O–H groups in total. The van der Waals surface area contributed by atoms with Crippen LogP contribution in [0.25, 0.3) is 11.1 Å². The van der Waals surface area contributed by atoms with Gasteiger partial charge in [0.25, 0.3) is 0 Å². The van der Waals surface area contributed by atoms with Gasteiger partial charge in [0, 0.05) is 29.2 Å². The summed E-state index contributed by atoms with van der Waals surface area (Å²) in [5.41, 5.74) is 3.15. The fourth-order valence-electron chi connectivity index (χ4n) is 13.0. The number of likely N-dealkylation sites (N-methyl/N-ethyl adjacent to an activating group) is 1. The second-order valence-electron chi connectivity index (χ2n) is 26.7. The number of aliphatic carboxylic acids is 1. The molecule has 35 heteroatoms. The van der Waals surface area contributed by atoms with Gasteiger partial charge in [0.15, 0.2) is 23.8 Å². The van der Waals surface area contributed by atoms with Crippen molar-refractivity contribution in [1.82, 2.24) is 47.6 Å². The van der Waals surface area contributed by atoms with Crippen LogP contribution in [0.5, 0.6) is 46.0 Å². The van der Waals surface area contributed by atoms with Crippen molar-refractivity contribution in [3.63, 3.8) is 0 Å². The topological polar surface area (TPSA) is 507 Å². The Labute approximate surface area is 623 Å². The van der Waals surface area contributed by atoms with Crippen molar-refractivity contribution in [2.24, 2.45) is 11.7 Å². The third kappa shape index (κ3) is 19.4. The number of carbonyl (C=O) groups excluding carboxylic acids is 8. The summed E-state index contributed by atoms with van der Waals surface area (Å²) in [7, 11) is 2.69. The second kappa shape index (κ2) is 36.3. The van der Waals surface area contributed by atoms with Crippen molar-refractivity contribution in [2.45, 2.75) is 170 Å². The number of aliphatic hydroxyl groups is 5. The number of primary amides is 1. The van der Waals surface area contributed by atoms with E-state index in [0.717, 1.165) is 92.1 Å². The van der Waals surface area contributed by atoms with E-state index < -0.39 is 221 Å². The van der Waals surface area contributed by atoms with Gasteiger partial charge in [-0.3, -0.25) is 43.2 Å². The average molecular weight is 1530 g/mol. The number of carbonyl (C=O) groups is 9. The van der Waals surface area contributed by atoms with Gasteiger partial charge in [-0.2, -0.15) is 5.06 Å². The maximum Gasteiger partial charge on any atom is 0.330 e. The molecule has 6 aliphatic heterocycles. The highest BCUT2D eigenvalue weighted by molar-refractivity contribution is 6.32. The number of hydrogen-bond acceptors (Lipinski definition) is 24. The number of rotatable bonds is 24. The first kappa shape index (κ1) is 81.4. The van der Waals surface area contributed by atoms with Crippen LogP contribution in [-0.4, -0.2) is 193 Å². The van der Waals surface area contributed by atoms with Crippen LogP contribution in [0.3, 0.4) is 0 Å². The maximum absolute atomic E-state index is 16.0. The smallest absolute Gasteiger partial charge is 0.330 e. The lowest BCUT2D eigenvalue weighted by molar-refractivity contribution is -0.313. The number of halogens is 2. The molecule has 11 bridgehead atoms. The number of carboxylic acids is 1. The number of nitrogens with two attached hydrogens (primary N) is 1. The minimum atomic E-state index is -2.27. The third-order valence-corrected chi connectivity index (χ3v) is 19.2. The van der Waals surface area contributed by atoms with Crippen LogP contribution in [0.4, 0.5) is 0 Å². The molecular formula is C72H88Cl2N10O23. The van der Waals surface area contributed by atoms with Crippen molar-refractivity contribution in [3.8, 4) is 57.1 Å². The van der Waals surface area contributed by atoms with Gasteiger partial charge in [-0.25, -0.2) is 4.79 Å². The lowest BCUT2D eigenvalue weighted by Crippen LogP contribution is -2.67. The molecule has 0 saturated carbocycles. The number of aliphatic hydroxyl groups excluding tert-OH is 5. The van der Waals surface area contributed by atoms with Gasteiger partial charge < -0.3 is 113 Å². The summed E-state index contributed by atoms with van der Waals surface area (Å²) in [6.07, 6.45) is -4.85. The quantitative estimate of drug-likeness (QED) is 0.0312. The first-order chi connectivity index (χ1) is 50.9. The minimum absolute atomic E-state index is 0.0651. The van der Waals surface area contributed by atoms with Gasteiger partial charge in [0.1, 0.15) is 96.1 Å². The summed E-state index contributed by atoms with van der Waals surface area (Å²) >= 11 is 14.1. The van der Waals surface area contributed by atoms with Crippen molar-refractivity contribution in [2.75, 3.05) is 33.9 Å². The third-order valence-electron chi connectivity index (χ3n) is 18.6. The number of amides is 8. The molecule has 0 aromatic heterocycles. The Balaban J connectivity index is 1.23. The highest BCUT2D eigenvalue weighted by Gasteiger charge is 2.48. The number of ether oxygens (including phenoxy) is 4. The van der Waals surface area contributed by atoms with Crippen molar-refractivity contribution < 1.29 is 113 Å². The monoisotopic (exact) mass is 1530 g/mol. The molecule has 14 atom stereocenters. The van der Waals surface area contributed by atoms with Gasteiger partial charge in [0.05, 0.1) is 48.8 Å². The maximum atomic E-state index is 16.0. The largest absolute Gasteiger partial charge is 0.508 e. The molecule has 1 saturated heterocycles. The fourth-order valence-corrected chi connectivity index (χ4v) is 13.5. The summed E-state index contributed by atoms with van der Waals surface area (Å²) < 4.78 is 25.8. The molecule has 5 aromatic rings. The summed E-state index contributed by atoms with van der Waals surface area (Å²) in [5.74, 6) is -15.5. The number of hydroxylamine groups is 2. The van der Waals surface area contributed by atoms with E-state index in [4.69, 9.17) is 52.7 Å². The molecule has 0 unspecified atom stereocenters. The summed E-state index contributed by atoms with van der Waals surface area (Å²) in [4.78, 5) is 136. The number of phenols is 3. The summed E-state index contributed by atoms with van der Waals surface area (Å²) in [6.45, 7) is 4.01. The van der Waals surface area contributed by atoms with Gasteiger partial charge in [-0.05, 0) is 103 Å². The zero-order valence-electron chi connectivity index (χ0n) is 58.9. The molecule has 0 spiro atoms. The number of nitrogens with zero attached hydrogens (tertiary/aromatic N) is 1. The van der Waals surface area contributed by atoms with Crippen molar-refractivity contribution in [1.29, 1.82) is 0 Å². The molecule has 1 fully saturated rings. The van der Waals surface area contributed by atoms with Crippen LogP contribution in [0.1, 0.15) is 143 Å². The van der Waals surface area contributed by atoms with E-state index in [2.05, 4.69) is 49.5 Å². The highest BCUT2D eigenvalue weighted by Crippen LogP contribution is 2.49. The molecule has 0 radical (unpaired) electrons. The van der Waals surface area contributed by atoms with Gasteiger partial charge in [-0.1, -0.05) is 101 Å². The fraction of sp³-hybridized carbons (Fsp3) is 0.458. The average Bonchev–Trinajstić information content (AvgIpc) is 0.737. The molecule has 578 valence electrons. The first-order valence-electron chi connectivity index (χ1n) is 34.7. The minimum Gasteiger partial charge on any atom is -0.508 e. The molecule has 11 rings (SSSR count). The van der Waals surface area contributed by atoms with Crippen molar-refractivity contribution >= 4 is 76.4 Å². The Morgan fingerprint density at radius 1 is 0.673 bits per heavy atom. The Bertz CT molecular complexity index is 4140. The Morgan fingerprint density at radius 3 is 1.88 bits per heavy atom. The Kier molecular flexibility index (Phi) is 27.6. The molecule has 8 amide bonds. The molecule has 6 heterocycles. The van der Waals surface area contributed by atoms with E-state index in [1.54, 1.807) is 0 Å². The standard InChI is InChI=1S/C72H88Cl2N10O23/c1-6-7-8-9-10-11-12-13-52(90)78-57-62(93)50(31-85)107-71(63(57)94)84(103-5)20-21-104-64-48-26-36-27-49(64)106-47-19-16-35(25-41(47)74)61(92)59-70(100)81-56(72(101)102)39-28-37(86)29-45(88)53(39)38-23-33(14-17-44(38)87)54(67(97)83-59)80-68(98)55(36)79-66(96)43(30-51(75)89)77-69(99)58(82-65(95)42(76-4)22-32(2)3)60(91)34-15-18-46(105-48)40(73)24-34/h14-19,23-29,32,42-43,50,54-63,71,76,85-88,91-94H,6-13,20-22,30-31H2,1-5H3,(H2,75,89)(H,77,99)(H,78,90)(H,79,96)(H,80,98)(H,81,100)(H,82,95)(H,83,97)(H,101,102)/t42-,43+,50-,54-,55-,56-,57+,58-,59+,60-,61-,62-,63-,71-/m1/s1. The molecule has 107 heavy (non-hydrogen) atoms. The number of fused-ring (bicyclic) bond motifs is 15. The van der Waals surface area contributed by atoms with Crippen LogP contribution in [0, 0.1) is 5.92 Å².